The van der Waals surface area contributed by atoms with E-state index in [2.05, 4.69) is 30.9 Å². The third-order valence-electron chi connectivity index (χ3n) is 6.65. The quantitative estimate of drug-likeness (QED) is 0.899. The average Bonchev–Trinajstić information content (AvgIpc) is 3.07. The van der Waals surface area contributed by atoms with Gasteiger partial charge in [0.15, 0.2) is 0 Å². The van der Waals surface area contributed by atoms with Crippen LogP contribution in [0.4, 0.5) is 0 Å². The second-order valence-corrected chi connectivity index (χ2v) is 8.08. The zero-order valence-electron chi connectivity index (χ0n) is 16.1. The minimum absolute atomic E-state index is 0.0562. The predicted octanol–water partition coefficient (Wildman–Crippen LogP) is 2.95. The zero-order valence-corrected chi connectivity index (χ0v) is 16.1. The fourth-order valence-electron chi connectivity index (χ4n) is 4.82. The lowest BCUT2D eigenvalue weighted by atomic mass is 9.77. The molecule has 0 bridgehead atoms. The number of aryl methyl sites for hydroxylation is 2. The highest BCUT2D eigenvalue weighted by molar-refractivity contribution is 5.88. The molecule has 4 rings (SSSR count). The molecule has 2 aliphatic rings. The van der Waals surface area contributed by atoms with E-state index in [1.807, 2.05) is 6.07 Å². The highest BCUT2D eigenvalue weighted by Crippen LogP contribution is 2.43. The Balaban J connectivity index is 1.51. The first kappa shape index (κ1) is 18.0. The number of fused-ring (bicyclic) bond motifs is 1. The summed E-state index contributed by atoms with van der Waals surface area (Å²) < 4.78 is 6.07. The van der Waals surface area contributed by atoms with Crippen molar-refractivity contribution in [2.45, 2.75) is 45.2 Å². The van der Waals surface area contributed by atoms with E-state index in [9.17, 15) is 14.7 Å². The Kier molecular flexibility index (Phi) is 4.26. The SMILES string of the molecule is Cc1ccc2oc(CN3CCC4(CC3)[C@@H](C(=O)O)CC(=O)N4C)c(C)c2c1. The fraction of sp³-hybridized carbons (Fsp3) is 0.524. The van der Waals surface area contributed by atoms with Crippen LogP contribution in [0.5, 0.6) is 0 Å². The van der Waals surface area contributed by atoms with Gasteiger partial charge in [-0.15, -0.1) is 0 Å². The van der Waals surface area contributed by atoms with Crippen LogP contribution in [0.3, 0.4) is 0 Å². The molecule has 6 nitrogen and oxygen atoms in total. The predicted molar refractivity (Wildman–Crippen MR) is 101 cm³/mol. The smallest absolute Gasteiger partial charge is 0.309 e. The van der Waals surface area contributed by atoms with E-state index in [1.54, 1.807) is 11.9 Å². The van der Waals surface area contributed by atoms with Gasteiger partial charge in [-0.1, -0.05) is 11.6 Å². The summed E-state index contributed by atoms with van der Waals surface area (Å²) in [6, 6.07) is 6.22. The fourth-order valence-corrected chi connectivity index (χ4v) is 4.82. The Labute approximate surface area is 158 Å². The molecule has 1 N–H and O–H groups in total. The average molecular weight is 370 g/mol. The van der Waals surface area contributed by atoms with Crippen molar-refractivity contribution in [1.29, 1.82) is 0 Å². The molecule has 0 saturated carbocycles. The number of likely N-dealkylation sites (tertiary alicyclic amines) is 2. The maximum absolute atomic E-state index is 12.1. The van der Waals surface area contributed by atoms with E-state index in [0.29, 0.717) is 19.4 Å². The molecule has 2 fully saturated rings. The van der Waals surface area contributed by atoms with Crippen LogP contribution in [0.25, 0.3) is 11.0 Å². The standard InChI is InChI=1S/C21H26N2O4/c1-13-4-5-17-15(10-13)14(2)18(27-17)12-23-8-6-21(7-9-23)16(20(25)26)11-19(24)22(21)3/h4-5,10,16H,6-9,11-12H2,1-3H3,(H,25,26)/t16-/m1/s1. The molecule has 0 aliphatic carbocycles. The number of carboxylic acid groups (broad SMARTS) is 1. The summed E-state index contributed by atoms with van der Waals surface area (Å²) in [5, 5.41) is 10.8. The topological polar surface area (TPSA) is 74.0 Å². The molecule has 3 heterocycles. The largest absolute Gasteiger partial charge is 0.481 e. The summed E-state index contributed by atoms with van der Waals surface area (Å²) in [6.45, 7) is 6.41. The Morgan fingerprint density at radius 3 is 2.67 bits per heavy atom. The van der Waals surface area contributed by atoms with Gasteiger partial charge >= 0.3 is 5.97 Å². The van der Waals surface area contributed by atoms with Gasteiger partial charge in [0.25, 0.3) is 0 Å². The summed E-state index contributed by atoms with van der Waals surface area (Å²) in [5.74, 6) is -0.547. The lowest BCUT2D eigenvalue weighted by molar-refractivity contribution is -0.146. The highest BCUT2D eigenvalue weighted by Gasteiger charge is 2.55. The van der Waals surface area contributed by atoms with Crippen molar-refractivity contribution in [3.8, 4) is 0 Å². The molecule has 0 radical (unpaired) electrons. The van der Waals surface area contributed by atoms with Gasteiger partial charge in [0.2, 0.25) is 5.91 Å². The number of carbonyl (C=O) groups excluding carboxylic acids is 1. The van der Waals surface area contributed by atoms with Gasteiger partial charge in [-0.2, -0.15) is 0 Å². The molecule has 6 heteroatoms. The first-order valence-corrected chi connectivity index (χ1v) is 9.52. The number of hydrogen-bond acceptors (Lipinski definition) is 4. The van der Waals surface area contributed by atoms with Crippen LogP contribution in [0, 0.1) is 19.8 Å². The van der Waals surface area contributed by atoms with Gasteiger partial charge in [-0.3, -0.25) is 14.5 Å². The molecule has 1 atom stereocenters. The molecular formula is C21H26N2O4. The van der Waals surface area contributed by atoms with Gasteiger partial charge < -0.3 is 14.4 Å². The van der Waals surface area contributed by atoms with E-state index >= 15 is 0 Å². The van der Waals surface area contributed by atoms with Gasteiger partial charge in [0, 0.05) is 31.9 Å². The van der Waals surface area contributed by atoms with Crippen LogP contribution >= 0.6 is 0 Å². The number of carboxylic acids is 1. The minimum Gasteiger partial charge on any atom is -0.481 e. The van der Waals surface area contributed by atoms with E-state index < -0.39 is 17.4 Å². The number of furan rings is 1. The summed E-state index contributed by atoms with van der Waals surface area (Å²) >= 11 is 0. The van der Waals surface area contributed by atoms with Crippen LogP contribution in [-0.4, -0.2) is 52.5 Å². The van der Waals surface area contributed by atoms with E-state index in [4.69, 9.17) is 4.42 Å². The van der Waals surface area contributed by atoms with Gasteiger partial charge in [0.05, 0.1) is 18.0 Å². The Morgan fingerprint density at radius 2 is 2.00 bits per heavy atom. The molecule has 144 valence electrons. The number of hydrogen-bond donors (Lipinski definition) is 1. The summed E-state index contributed by atoms with van der Waals surface area (Å²) in [4.78, 5) is 27.8. The molecule has 2 saturated heterocycles. The molecule has 1 aromatic carbocycles. The number of piperidine rings is 1. The van der Waals surface area contributed by atoms with Crippen molar-refractivity contribution in [3.63, 3.8) is 0 Å². The summed E-state index contributed by atoms with van der Waals surface area (Å²) in [5.41, 5.74) is 2.75. The van der Waals surface area contributed by atoms with Crippen molar-refractivity contribution >= 4 is 22.8 Å². The van der Waals surface area contributed by atoms with Crippen molar-refractivity contribution in [3.05, 3.63) is 35.1 Å². The highest BCUT2D eigenvalue weighted by atomic mass is 16.4. The first-order valence-electron chi connectivity index (χ1n) is 9.52. The van der Waals surface area contributed by atoms with E-state index in [-0.39, 0.29) is 12.3 Å². The monoisotopic (exact) mass is 370 g/mol. The Hall–Kier alpha value is -2.34. The molecule has 1 spiro atoms. The Bertz CT molecular complexity index is 908. The van der Waals surface area contributed by atoms with Crippen LogP contribution < -0.4 is 0 Å². The third kappa shape index (κ3) is 2.83. The van der Waals surface area contributed by atoms with Crippen molar-refractivity contribution < 1.29 is 19.1 Å². The first-order chi connectivity index (χ1) is 12.8. The lowest BCUT2D eigenvalue weighted by Gasteiger charge is -2.45. The van der Waals surface area contributed by atoms with Gasteiger partial charge in [0.1, 0.15) is 11.3 Å². The maximum Gasteiger partial charge on any atom is 0.309 e. The van der Waals surface area contributed by atoms with E-state index in [0.717, 1.165) is 29.8 Å². The number of nitrogens with zero attached hydrogens (tertiary/aromatic N) is 2. The van der Waals surface area contributed by atoms with Crippen molar-refractivity contribution in [2.24, 2.45) is 5.92 Å². The Morgan fingerprint density at radius 1 is 1.30 bits per heavy atom. The second-order valence-electron chi connectivity index (χ2n) is 8.08. The summed E-state index contributed by atoms with van der Waals surface area (Å²) in [6.07, 6.45) is 1.49. The maximum atomic E-state index is 12.1. The van der Waals surface area contributed by atoms with Crippen LogP contribution in [0.15, 0.2) is 22.6 Å². The molecule has 0 unspecified atom stereocenters. The molecule has 2 aromatic rings. The summed E-state index contributed by atoms with van der Waals surface area (Å²) in [7, 11) is 1.76. The normalized spacial score (nSPS) is 22.9. The number of benzene rings is 1. The third-order valence-corrected chi connectivity index (χ3v) is 6.65. The number of aliphatic carboxylic acids is 1. The van der Waals surface area contributed by atoms with Crippen LogP contribution in [-0.2, 0) is 16.1 Å². The molecule has 2 aliphatic heterocycles. The number of amides is 1. The van der Waals surface area contributed by atoms with Crippen molar-refractivity contribution in [1.82, 2.24) is 9.80 Å². The van der Waals surface area contributed by atoms with Crippen LogP contribution in [0.2, 0.25) is 0 Å². The van der Waals surface area contributed by atoms with Crippen LogP contribution in [0.1, 0.15) is 36.1 Å². The molecule has 1 amide bonds. The minimum atomic E-state index is -0.857. The van der Waals surface area contributed by atoms with Gasteiger partial charge in [-0.25, -0.2) is 0 Å². The molecule has 27 heavy (non-hydrogen) atoms. The van der Waals surface area contributed by atoms with Crippen molar-refractivity contribution in [2.75, 3.05) is 20.1 Å². The molecule has 1 aromatic heterocycles. The second kappa shape index (κ2) is 6.37. The molecular weight excluding hydrogens is 344 g/mol. The number of carbonyl (C=O) groups is 2. The zero-order chi connectivity index (χ0) is 19.3. The van der Waals surface area contributed by atoms with Gasteiger partial charge in [-0.05, 0) is 44.4 Å². The lowest BCUT2D eigenvalue weighted by Crippen LogP contribution is -2.55. The number of rotatable bonds is 3. The van der Waals surface area contributed by atoms with E-state index in [1.165, 1.54) is 11.1 Å².